The van der Waals surface area contributed by atoms with Crippen LogP contribution in [0.3, 0.4) is 0 Å². The first-order chi connectivity index (χ1) is 12.5. The van der Waals surface area contributed by atoms with Gasteiger partial charge in [0, 0.05) is 0 Å². The molecule has 0 spiro atoms. The molecule has 0 saturated carbocycles. The van der Waals surface area contributed by atoms with E-state index in [9.17, 15) is 19.2 Å². The van der Waals surface area contributed by atoms with Crippen molar-refractivity contribution in [2.45, 2.75) is 6.54 Å². The highest BCUT2D eigenvalue weighted by Gasteiger charge is 2.45. The molecule has 26 heavy (non-hydrogen) atoms. The molecule has 0 N–H and O–H groups in total. The van der Waals surface area contributed by atoms with Crippen LogP contribution in [0, 0.1) is 0 Å². The number of ether oxygens (including phenoxy) is 2. The van der Waals surface area contributed by atoms with Crippen LogP contribution in [-0.4, -0.2) is 42.9 Å². The molecule has 0 radical (unpaired) electrons. The van der Waals surface area contributed by atoms with Crippen LogP contribution < -0.4 is 9.64 Å². The predicted octanol–water partition coefficient (Wildman–Crippen LogP) is 1.57. The number of nitrogens with zero attached hydrogens (tertiary/aromatic N) is 2. The molecule has 0 bridgehead atoms. The molecule has 1 fully saturated rings. The first kappa shape index (κ1) is 17.2. The first-order valence-electron chi connectivity index (χ1n) is 7.47. The minimum atomic E-state index is -0.984. The number of hydrogen-bond donors (Lipinski definition) is 0. The second kappa shape index (κ2) is 6.71. The van der Waals surface area contributed by atoms with Crippen molar-refractivity contribution < 1.29 is 33.1 Å². The smallest absolute Gasteiger partial charge is 0.373 e. The van der Waals surface area contributed by atoms with Gasteiger partial charge in [-0.3, -0.25) is 9.59 Å². The highest BCUT2D eigenvalue weighted by Crippen LogP contribution is 2.26. The maximum Gasteiger partial charge on any atom is 0.373 e. The van der Waals surface area contributed by atoms with Crippen molar-refractivity contribution >= 4 is 29.5 Å². The van der Waals surface area contributed by atoms with Crippen LogP contribution in [0.2, 0.25) is 0 Å². The molecule has 2 heterocycles. The second-order valence-corrected chi connectivity index (χ2v) is 5.27. The van der Waals surface area contributed by atoms with Crippen LogP contribution in [0.4, 0.5) is 10.5 Å². The Morgan fingerprint density at radius 1 is 1.00 bits per heavy atom. The van der Waals surface area contributed by atoms with E-state index in [1.165, 1.54) is 38.5 Å². The molecule has 1 aliphatic rings. The van der Waals surface area contributed by atoms with Gasteiger partial charge in [-0.25, -0.2) is 19.4 Å². The zero-order valence-electron chi connectivity index (χ0n) is 13.9. The minimum absolute atomic E-state index is 0.0695. The fourth-order valence-corrected chi connectivity index (χ4v) is 2.43. The molecule has 0 unspecified atom stereocenters. The molecule has 3 rings (SSSR count). The van der Waals surface area contributed by atoms with Crippen LogP contribution in [0.1, 0.15) is 16.3 Å². The normalized spacial score (nSPS) is 14.2. The maximum absolute atomic E-state index is 12.5. The number of rotatable bonds is 5. The molecular weight excluding hydrogens is 344 g/mol. The number of hydrogen-bond acceptors (Lipinski definition) is 7. The third-order valence-electron chi connectivity index (χ3n) is 3.75. The molecule has 134 valence electrons. The Balaban J connectivity index is 1.82. The standard InChI is InChI=1S/C17H14N2O7/c1-24-11-5-3-10(4-6-11)19-15(21)14(20)18(17(19)23)9-12-7-8-13(26-12)16(22)25-2/h3-8H,9H2,1-2H3. The molecule has 2 aromatic rings. The second-order valence-electron chi connectivity index (χ2n) is 5.27. The number of furan rings is 1. The lowest BCUT2D eigenvalue weighted by molar-refractivity contribution is -0.139. The zero-order chi connectivity index (χ0) is 18.8. The molecule has 0 aliphatic carbocycles. The summed E-state index contributed by atoms with van der Waals surface area (Å²) in [4.78, 5) is 49.8. The molecule has 1 aromatic carbocycles. The number of carbonyl (C=O) groups excluding carboxylic acids is 4. The predicted molar refractivity (Wildman–Crippen MR) is 86.5 cm³/mol. The van der Waals surface area contributed by atoms with Gasteiger partial charge in [0.05, 0.1) is 26.5 Å². The van der Waals surface area contributed by atoms with E-state index in [0.717, 1.165) is 9.80 Å². The number of methoxy groups -OCH3 is 2. The lowest BCUT2D eigenvalue weighted by atomic mass is 10.3. The number of urea groups is 1. The number of imide groups is 2. The van der Waals surface area contributed by atoms with Crippen molar-refractivity contribution in [2.75, 3.05) is 19.1 Å². The van der Waals surface area contributed by atoms with Gasteiger partial charge in [-0.05, 0) is 36.4 Å². The lowest BCUT2D eigenvalue weighted by Gasteiger charge is -2.15. The zero-order valence-corrected chi connectivity index (χ0v) is 13.9. The molecular formula is C17H14N2O7. The van der Waals surface area contributed by atoms with Gasteiger partial charge >= 0.3 is 23.8 Å². The van der Waals surface area contributed by atoms with E-state index in [-0.39, 0.29) is 23.8 Å². The topological polar surface area (TPSA) is 106 Å². The minimum Gasteiger partial charge on any atom is -0.497 e. The van der Waals surface area contributed by atoms with Crippen molar-refractivity contribution in [2.24, 2.45) is 0 Å². The highest BCUT2D eigenvalue weighted by atomic mass is 16.5. The first-order valence-corrected chi connectivity index (χ1v) is 7.47. The monoisotopic (exact) mass is 358 g/mol. The summed E-state index contributed by atoms with van der Waals surface area (Å²) >= 11 is 0. The van der Waals surface area contributed by atoms with Crippen molar-refractivity contribution in [3.05, 3.63) is 47.9 Å². The van der Waals surface area contributed by atoms with E-state index in [2.05, 4.69) is 4.74 Å². The Morgan fingerprint density at radius 2 is 1.69 bits per heavy atom. The molecule has 0 atom stereocenters. The molecule has 9 heteroatoms. The van der Waals surface area contributed by atoms with Crippen LogP contribution in [0.15, 0.2) is 40.8 Å². The maximum atomic E-state index is 12.5. The summed E-state index contributed by atoms with van der Waals surface area (Å²) in [6.45, 7) is -0.285. The van der Waals surface area contributed by atoms with E-state index in [4.69, 9.17) is 9.15 Å². The van der Waals surface area contributed by atoms with Gasteiger partial charge in [0.1, 0.15) is 11.5 Å². The number of anilines is 1. The van der Waals surface area contributed by atoms with Crippen molar-refractivity contribution in [1.29, 1.82) is 0 Å². The third-order valence-corrected chi connectivity index (χ3v) is 3.75. The largest absolute Gasteiger partial charge is 0.497 e. The number of esters is 1. The Bertz CT molecular complexity index is 885. The van der Waals surface area contributed by atoms with Gasteiger partial charge in [-0.15, -0.1) is 0 Å². The van der Waals surface area contributed by atoms with E-state index >= 15 is 0 Å². The van der Waals surface area contributed by atoms with E-state index in [1.54, 1.807) is 12.1 Å². The summed E-state index contributed by atoms with van der Waals surface area (Å²) in [7, 11) is 2.68. The Morgan fingerprint density at radius 3 is 2.31 bits per heavy atom. The van der Waals surface area contributed by atoms with Crippen molar-refractivity contribution in [3.63, 3.8) is 0 Å². The molecule has 1 aliphatic heterocycles. The number of carbonyl (C=O) groups is 4. The summed E-state index contributed by atoms with van der Waals surface area (Å²) in [5.41, 5.74) is 0.242. The molecule has 1 aromatic heterocycles. The summed E-state index contributed by atoms with van der Waals surface area (Å²) < 4.78 is 14.8. The summed E-state index contributed by atoms with van der Waals surface area (Å²) in [5.74, 6) is -2.01. The Labute approximate surface area is 147 Å². The Kier molecular flexibility index (Phi) is 4.44. The van der Waals surface area contributed by atoms with Gasteiger partial charge in [-0.1, -0.05) is 0 Å². The van der Waals surface area contributed by atoms with Gasteiger partial charge in [-0.2, -0.15) is 0 Å². The van der Waals surface area contributed by atoms with E-state index in [0.29, 0.717) is 5.75 Å². The average molecular weight is 358 g/mol. The lowest BCUT2D eigenvalue weighted by Crippen LogP contribution is -2.32. The molecule has 4 amide bonds. The van der Waals surface area contributed by atoms with Crippen LogP contribution >= 0.6 is 0 Å². The molecule has 1 saturated heterocycles. The van der Waals surface area contributed by atoms with Gasteiger partial charge < -0.3 is 13.9 Å². The molecule has 9 nitrogen and oxygen atoms in total. The van der Waals surface area contributed by atoms with Gasteiger partial charge in [0.2, 0.25) is 5.76 Å². The third kappa shape index (κ3) is 2.90. The highest BCUT2D eigenvalue weighted by molar-refractivity contribution is 6.52. The van der Waals surface area contributed by atoms with Crippen LogP contribution in [0.5, 0.6) is 5.75 Å². The summed E-state index contributed by atoms with van der Waals surface area (Å²) in [5, 5.41) is 0. The Hall–Kier alpha value is -3.62. The SMILES string of the molecule is COC(=O)c1ccc(CN2C(=O)C(=O)N(c3ccc(OC)cc3)C2=O)o1. The van der Waals surface area contributed by atoms with Gasteiger partial charge in [0.25, 0.3) is 0 Å². The van der Waals surface area contributed by atoms with Crippen molar-refractivity contribution in [1.82, 2.24) is 4.90 Å². The fourth-order valence-electron chi connectivity index (χ4n) is 2.43. The summed E-state index contributed by atoms with van der Waals surface area (Å²) in [6.07, 6.45) is 0. The van der Waals surface area contributed by atoms with Crippen LogP contribution in [-0.2, 0) is 20.9 Å². The van der Waals surface area contributed by atoms with Gasteiger partial charge in [0.15, 0.2) is 0 Å². The number of benzene rings is 1. The number of amides is 4. The quantitative estimate of drug-likeness (QED) is 0.454. The van der Waals surface area contributed by atoms with E-state index in [1.807, 2.05) is 0 Å². The fraction of sp³-hybridized carbons (Fsp3) is 0.176. The average Bonchev–Trinajstić information content (AvgIpc) is 3.21. The van der Waals surface area contributed by atoms with E-state index < -0.39 is 23.8 Å². The van der Waals surface area contributed by atoms with Crippen LogP contribution in [0.25, 0.3) is 0 Å². The van der Waals surface area contributed by atoms with Crippen molar-refractivity contribution in [3.8, 4) is 5.75 Å². The summed E-state index contributed by atoms with van der Waals surface area (Å²) in [6, 6.07) is 8.10.